The maximum absolute atomic E-state index is 13.8. The van der Waals surface area contributed by atoms with Crippen molar-refractivity contribution in [1.29, 1.82) is 0 Å². The summed E-state index contributed by atoms with van der Waals surface area (Å²) in [5.41, 5.74) is 1.24. The second-order valence-corrected chi connectivity index (χ2v) is 13.9. The maximum Gasteiger partial charge on any atom is 0.459 e. The fourth-order valence-electron chi connectivity index (χ4n) is 8.42. The number of allylic oxidation sites excluding steroid dienone is 1. The van der Waals surface area contributed by atoms with Gasteiger partial charge in [-0.15, -0.1) is 6.58 Å². The molecule has 0 amide bonds. The molecule has 4 unspecified atom stereocenters. The van der Waals surface area contributed by atoms with Crippen LogP contribution in [-0.2, 0) is 16.7 Å². The van der Waals surface area contributed by atoms with E-state index in [0.29, 0.717) is 38.5 Å². The van der Waals surface area contributed by atoms with Gasteiger partial charge in [-0.25, -0.2) is 0 Å². The molecule has 14 heteroatoms. The Bertz CT molecular complexity index is 1310. The van der Waals surface area contributed by atoms with Crippen LogP contribution in [0, 0.1) is 22.7 Å². The molecule has 0 heterocycles. The number of aliphatic hydroxyl groups excluding tert-OH is 2. The average molecular weight is 646 g/mol. The Labute approximate surface area is 246 Å². The highest BCUT2D eigenvalue weighted by Gasteiger charge is 2.75. The van der Waals surface area contributed by atoms with Crippen molar-refractivity contribution in [3.63, 3.8) is 0 Å². The van der Waals surface area contributed by atoms with Crippen LogP contribution in [0.1, 0.15) is 81.8 Å². The fraction of sp³-hybridized carbons (Fsp3) is 0.724. The van der Waals surface area contributed by atoms with Gasteiger partial charge in [0, 0.05) is 0 Å². The highest BCUT2D eigenvalue weighted by molar-refractivity contribution is 7.87. The van der Waals surface area contributed by atoms with E-state index in [1.54, 1.807) is 12.1 Å². The first-order valence-electron chi connectivity index (χ1n) is 14.4. The molecule has 0 aromatic heterocycles. The number of hydrogen-bond donors (Lipinski definition) is 4. The molecule has 1 aromatic rings. The zero-order valence-corrected chi connectivity index (χ0v) is 24.5. The molecule has 1 aromatic carbocycles. The van der Waals surface area contributed by atoms with E-state index in [1.807, 2.05) is 12.1 Å². The summed E-state index contributed by atoms with van der Waals surface area (Å²) >= 11 is 0. The Hall–Kier alpha value is -1.90. The number of benzene rings is 1. The highest BCUT2D eigenvalue weighted by Crippen LogP contribution is 2.69. The van der Waals surface area contributed by atoms with Gasteiger partial charge in [0.05, 0.1) is 11.8 Å². The summed E-state index contributed by atoms with van der Waals surface area (Å²) in [6.07, 6.45) is -4.94. The van der Waals surface area contributed by atoms with E-state index in [2.05, 4.69) is 18.2 Å². The zero-order valence-electron chi connectivity index (χ0n) is 23.7. The number of unbranched alkanes of at least 4 members (excludes halogenated alkanes) is 2. The van der Waals surface area contributed by atoms with Crippen LogP contribution >= 0.6 is 0 Å². The van der Waals surface area contributed by atoms with E-state index in [4.69, 9.17) is 0 Å². The van der Waals surface area contributed by atoms with Crippen molar-refractivity contribution < 1.29 is 53.9 Å². The fourth-order valence-corrected chi connectivity index (χ4v) is 8.84. The quantitative estimate of drug-likeness (QED) is 0.0894. The van der Waals surface area contributed by atoms with Gasteiger partial charge < -0.3 is 10.2 Å². The molecule has 4 rings (SSSR count). The molecule has 43 heavy (non-hydrogen) atoms. The minimum Gasteiger partial charge on any atom is -0.393 e. The summed E-state index contributed by atoms with van der Waals surface area (Å²) in [5, 5.41) is 20.6. The summed E-state index contributed by atoms with van der Waals surface area (Å²) in [4.78, 5) is 0. The van der Waals surface area contributed by atoms with E-state index >= 15 is 0 Å². The molecule has 3 aliphatic rings. The van der Waals surface area contributed by atoms with Crippen LogP contribution < -0.4 is 4.72 Å². The van der Waals surface area contributed by atoms with Gasteiger partial charge in [0.2, 0.25) is 0 Å². The van der Waals surface area contributed by atoms with E-state index in [9.17, 15) is 53.9 Å². The Balaban J connectivity index is 1.53. The van der Waals surface area contributed by atoms with Crippen LogP contribution in [0.2, 0.25) is 0 Å². The van der Waals surface area contributed by atoms with Crippen molar-refractivity contribution >= 4 is 16.0 Å². The van der Waals surface area contributed by atoms with Crippen LogP contribution in [0.5, 0.6) is 0 Å². The topological polar surface area (TPSA) is 107 Å². The lowest BCUT2D eigenvalue weighted by Gasteiger charge is -2.60. The molecule has 3 aliphatic carbocycles. The third kappa shape index (κ3) is 5.93. The van der Waals surface area contributed by atoms with Gasteiger partial charge in [0.15, 0.2) is 0 Å². The second-order valence-electron chi connectivity index (χ2n) is 12.7. The van der Waals surface area contributed by atoms with Crippen molar-refractivity contribution in [1.82, 2.24) is 0 Å². The Morgan fingerprint density at radius 3 is 2.40 bits per heavy atom. The Morgan fingerprint density at radius 2 is 1.79 bits per heavy atom. The minimum atomic E-state index is -6.51. The highest BCUT2D eigenvalue weighted by atomic mass is 32.2. The van der Waals surface area contributed by atoms with E-state index in [1.165, 1.54) is 0 Å². The third-order valence-corrected chi connectivity index (χ3v) is 10.9. The monoisotopic (exact) mass is 645 g/mol. The lowest BCUT2D eigenvalue weighted by Crippen LogP contribution is -2.57. The van der Waals surface area contributed by atoms with Crippen LogP contribution in [-0.4, -0.2) is 53.4 Å². The number of nitrogens with one attached hydrogen (secondary N) is 1. The predicted octanol–water partition coefficient (Wildman–Crippen LogP) is 7.04. The van der Waals surface area contributed by atoms with Gasteiger partial charge in [-0.05, 0) is 96.8 Å². The molecule has 0 spiro atoms. The van der Waals surface area contributed by atoms with Crippen LogP contribution in [0.25, 0.3) is 0 Å². The van der Waals surface area contributed by atoms with E-state index in [0.717, 1.165) is 17.5 Å². The summed E-state index contributed by atoms with van der Waals surface area (Å²) in [6, 6.07) is 5.03. The van der Waals surface area contributed by atoms with Gasteiger partial charge in [-0.1, -0.05) is 38.3 Å². The van der Waals surface area contributed by atoms with Crippen LogP contribution in [0.3, 0.4) is 0 Å². The molecule has 2 saturated carbocycles. The minimum absolute atomic E-state index is 0.0487. The number of fused-ring (bicyclic) bond motifs is 5. The van der Waals surface area contributed by atoms with Crippen LogP contribution in [0.15, 0.2) is 30.9 Å². The summed E-state index contributed by atoms with van der Waals surface area (Å²) in [5.74, 6) is -12.1. The molecule has 4 N–H and O–H groups in total. The number of anilines is 1. The molecular weight excluding hydrogens is 607 g/mol. The number of alkyl halides is 7. The first kappa shape index (κ1) is 34.0. The van der Waals surface area contributed by atoms with Gasteiger partial charge in [0.1, 0.15) is 6.10 Å². The first-order chi connectivity index (χ1) is 19.7. The summed E-state index contributed by atoms with van der Waals surface area (Å²) in [7, 11) is -4.49. The zero-order chi connectivity index (χ0) is 32.2. The SMILES string of the molecule is C=CC12CCc3cc(NS(=O)(=O)O)ccc3C1[C@@H](CCCCCC(O)C(F)(F)C(F)(F)C(F)(F)F)C[C@@]1(C)C2CC[C@@H]1O. The van der Waals surface area contributed by atoms with Crippen molar-refractivity contribution in [2.24, 2.45) is 22.7 Å². The lowest BCUT2D eigenvalue weighted by atomic mass is 9.44. The van der Waals surface area contributed by atoms with E-state index < -0.39 is 57.8 Å². The largest absolute Gasteiger partial charge is 0.459 e. The molecule has 0 radical (unpaired) electrons. The Kier molecular flexibility index (Phi) is 9.07. The van der Waals surface area contributed by atoms with Crippen molar-refractivity contribution in [3.8, 4) is 0 Å². The summed E-state index contributed by atoms with van der Waals surface area (Å²) in [6.45, 7) is 6.25. The second kappa shape index (κ2) is 11.5. The number of aliphatic hydroxyl groups is 2. The molecule has 2 fully saturated rings. The first-order valence-corrected chi connectivity index (χ1v) is 15.9. The van der Waals surface area contributed by atoms with Gasteiger partial charge in [0.25, 0.3) is 0 Å². The Morgan fingerprint density at radius 1 is 1.12 bits per heavy atom. The molecule has 6 nitrogen and oxygen atoms in total. The van der Waals surface area contributed by atoms with Crippen LogP contribution in [0.4, 0.5) is 36.4 Å². The molecular formula is C29H38F7NO5S. The molecule has 7 atom stereocenters. The normalized spacial score (nSPS) is 32.0. The number of halogens is 7. The smallest absolute Gasteiger partial charge is 0.393 e. The van der Waals surface area contributed by atoms with Crippen molar-refractivity contribution in [2.75, 3.05) is 4.72 Å². The molecule has 0 saturated heterocycles. The molecule has 0 bridgehead atoms. The van der Waals surface area contributed by atoms with Crippen molar-refractivity contribution in [3.05, 3.63) is 42.0 Å². The standard InChI is InChI=1S/C29H38F7NO5S/c1-3-26-14-13-17-15-19(37-43(40,41)42)9-10-20(17)24(26)18(16-25(2)21(26)11-12-22(25)38)7-5-4-6-8-23(39)27(30,31)28(32,33)29(34,35)36/h3,9-10,15,18,21-24,37-39H,1,4-8,11-14,16H2,2H3,(H,40,41,42)/t18-,21?,22-,23?,24?,25-,26?/m0/s1. The molecule has 244 valence electrons. The lowest BCUT2D eigenvalue weighted by molar-refractivity contribution is -0.371. The van der Waals surface area contributed by atoms with Gasteiger partial charge >= 0.3 is 28.3 Å². The predicted molar refractivity (Wildman–Crippen MR) is 145 cm³/mol. The van der Waals surface area contributed by atoms with Gasteiger partial charge in [-0.2, -0.15) is 39.2 Å². The number of rotatable bonds is 11. The van der Waals surface area contributed by atoms with Crippen molar-refractivity contribution in [2.45, 2.75) is 107 Å². The average Bonchev–Trinajstić information content (AvgIpc) is 3.20. The molecule has 0 aliphatic heterocycles. The maximum atomic E-state index is 13.8. The summed E-state index contributed by atoms with van der Waals surface area (Å²) < 4.78 is 126. The number of hydrogen-bond acceptors (Lipinski definition) is 4. The van der Waals surface area contributed by atoms with E-state index in [-0.39, 0.29) is 36.3 Å². The van der Waals surface area contributed by atoms with Gasteiger partial charge in [-0.3, -0.25) is 9.27 Å². The third-order valence-electron chi connectivity index (χ3n) is 10.4. The number of aryl methyl sites for hydroxylation is 1.